The Morgan fingerprint density at radius 3 is 2.30 bits per heavy atom. The molecule has 108 valence electrons. The van der Waals surface area contributed by atoms with Crippen molar-refractivity contribution in [3.8, 4) is 5.75 Å². The van der Waals surface area contributed by atoms with Crippen LogP contribution < -0.4 is 10.1 Å². The molecule has 1 saturated heterocycles. The first-order valence-corrected chi connectivity index (χ1v) is 6.68. The highest BCUT2D eigenvalue weighted by Crippen LogP contribution is 2.29. The molecule has 0 aliphatic carbocycles. The fourth-order valence-corrected chi connectivity index (χ4v) is 2.12. The fraction of sp³-hybridized carbons (Fsp3) is 0.467. The molecule has 1 atom stereocenters. The van der Waals surface area contributed by atoms with Crippen molar-refractivity contribution < 1.29 is 14.3 Å². The van der Waals surface area contributed by atoms with E-state index in [0.29, 0.717) is 12.5 Å². The van der Waals surface area contributed by atoms with Crippen molar-refractivity contribution in [2.75, 3.05) is 13.7 Å². The summed E-state index contributed by atoms with van der Waals surface area (Å²) in [5.41, 5.74) is -0.250. The Labute approximate surface area is 118 Å². The van der Waals surface area contributed by atoms with Gasteiger partial charge in [0.05, 0.1) is 6.61 Å². The summed E-state index contributed by atoms with van der Waals surface area (Å²) in [6.45, 7) is 6.52. The molecule has 5 nitrogen and oxygen atoms in total. The molecule has 20 heavy (non-hydrogen) atoms. The Morgan fingerprint density at radius 1 is 1.25 bits per heavy atom. The van der Waals surface area contributed by atoms with Crippen molar-refractivity contribution in [2.24, 2.45) is 5.92 Å². The molecular weight excluding hydrogens is 256 g/mol. The summed E-state index contributed by atoms with van der Waals surface area (Å²) in [5, 5.41) is 2.71. The average Bonchev–Trinajstić information content (AvgIpc) is 2.62. The molecule has 1 aliphatic heterocycles. The van der Waals surface area contributed by atoms with E-state index < -0.39 is 5.54 Å². The monoisotopic (exact) mass is 276 g/mol. The molecule has 1 fully saturated rings. The summed E-state index contributed by atoms with van der Waals surface area (Å²) in [6, 6.07) is 6.89. The molecule has 0 unspecified atom stereocenters. The van der Waals surface area contributed by atoms with E-state index in [9.17, 15) is 9.59 Å². The minimum Gasteiger partial charge on any atom is -0.493 e. The summed E-state index contributed by atoms with van der Waals surface area (Å²) in [5.74, 6) is 0.964. The van der Waals surface area contributed by atoms with Crippen LogP contribution in [0.4, 0.5) is 4.79 Å². The lowest BCUT2D eigenvalue weighted by molar-refractivity contribution is -0.130. The molecule has 5 heteroatoms. The molecule has 3 amide bonds. The number of hydrogen-bond donors (Lipinski definition) is 1. The zero-order valence-electron chi connectivity index (χ0n) is 12.3. The van der Waals surface area contributed by atoms with E-state index in [-0.39, 0.29) is 11.9 Å². The van der Waals surface area contributed by atoms with E-state index >= 15 is 0 Å². The first-order valence-electron chi connectivity index (χ1n) is 6.68. The molecule has 0 saturated carbocycles. The number of carbonyl (C=O) groups is 2. The van der Waals surface area contributed by atoms with Gasteiger partial charge in [0, 0.05) is 7.05 Å². The van der Waals surface area contributed by atoms with Crippen LogP contribution in [0, 0.1) is 5.92 Å². The Morgan fingerprint density at radius 2 is 1.85 bits per heavy atom. The standard InChI is InChI=1S/C15H20N2O3/c1-10(2)9-20-12-7-5-11(6-8-12)15(3)13(18)17(4)14(19)16-15/h5-8,10H,9H2,1-4H3,(H,16,19)/t15-/m0/s1. The van der Waals surface area contributed by atoms with Crippen molar-refractivity contribution in [1.29, 1.82) is 0 Å². The van der Waals surface area contributed by atoms with Gasteiger partial charge in [-0.1, -0.05) is 26.0 Å². The summed E-state index contributed by atoms with van der Waals surface area (Å²) in [4.78, 5) is 24.8. The van der Waals surface area contributed by atoms with Crippen LogP contribution in [0.2, 0.25) is 0 Å². The van der Waals surface area contributed by atoms with E-state index in [1.807, 2.05) is 24.3 Å². The Hall–Kier alpha value is -2.04. The Kier molecular flexibility index (Phi) is 3.70. The molecule has 0 spiro atoms. The number of likely N-dealkylation sites (N-methyl/N-ethyl adjacent to an activating group) is 1. The predicted molar refractivity (Wildman–Crippen MR) is 75.4 cm³/mol. The molecule has 1 aromatic rings. The number of hydrogen-bond acceptors (Lipinski definition) is 3. The van der Waals surface area contributed by atoms with Gasteiger partial charge in [0.2, 0.25) is 0 Å². The van der Waals surface area contributed by atoms with Gasteiger partial charge in [0.25, 0.3) is 5.91 Å². The third-order valence-corrected chi connectivity index (χ3v) is 3.41. The van der Waals surface area contributed by atoms with Gasteiger partial charge in [-0.05, 0) is 30.5 Å². The highest BCUT2D eigenvalue weighted by atomic mass is 16.5. The number of rotatable bonds is 4. The zero-order valence-corrected chi connectivity index (χ0v) is 12.3. The van der Waals surface area contributed by atoms with Gasteiger partial charge in [0.15, 0.2) is 0 Å². The van der Waals surface area contributed by atoms with E-state index in [2.05, 4.69) is 19.2 Å². The average molecular weight is 276 g/mol. The number of benzene rings is 1. The van der Waals surface area contributed by atoms with Crippen LogP contribution in [0.25, 0.3) is 0 Å². The Balaban J connectivity index is 2.18. The fourth-order valence-electron chi connectivity index (χ4n) is 2.12. The largest absolute Gasteiger partial charge is 0.493 e. The van der Waals surface area contributed by atoms with Crippen LogP contribution in [-0.2, 0) is 10.3 Å². The Bertz CT molecular complexity index is 524. The number of nitrogens with one attached hydrogen (secondary N) is 1. The summed E-state index contributed by atoms with van der Waals surface area (Å²) >= 11 is 0. The smallest absolute Gasteiger partial charge is 0.325 e. The van der Waals surface area contributed by atoms with Gasteiger partial charge in [-0.25, -0.2) is 4.79 Å². The molecule has 0 radical (unpaired) electrons. The number of urea groups is 1. The van der Waals surface area contributed by atoms with Gasteiger partial charge in [-0.15, -0.1) is 0 Å². The minimum absolute atomic E-state index is 0.252. The van der Waals surface area contributed by atoms with E-state index in [1.165, 1.54) is 7.05 Å². The molecule has 2 rings (SSSR count). The first kappa shape index (κ1) is 14.4. The maximum atomic E-state index is 12.1. The maximum Gasteiger partial charge on any atom is 0.325 e. The van der Waals surface area contributed by atoms with E-state index in [1.54, 1.807) is 6.92 Å². The van der Waals surface area contributed by atoms with Crippen molar-refractivity contribution in [1.82, 2.24) is 10.2 Å². The minimum atomic E-state index is -0.998. The molecule has 1 aliphatic rings. The van der Waals surface area contributed by atoms with Gasteiger partial charge in [-0.3, -0.25) is 9.69 Å². The lowest BCUT2D eigenvalue weighted by Gasteiger charge is -2.22. The van der Waals surface area contributed by atoms with Gasteiger partial charge >= 0.3 is 6.03 Å². The SMILES string of the molecule is CC(C)COc1ccc([C@]2(C)NC(=O)N(C)C2=O)cc1. The second-order valence-corrected chi connectivity index (χ2v) is 5.65. The lowest BCUT2D eigenvalue weighted by Crippen LogP contribution is -2.40. The summed E-state index contributed by atoms with van der Waals surface area (Å²) < 4.78 is 5.60. The number of amides is 3. The molecular formula is C15H20N2O3. The predicted octanol–water partition coefficient (Wildman–Crippen LogP) is 2.12. The second kappa shape index (κ2) is 5.15. The normalized spacial score (nSPS) is 22.4. The van der Waals surface area contributed by atoms with E-state index in [0.717, 1.165) is 16.2 Å². The molecule has 1 heterocycles. The molecule has 1 N–H and O–H groups in total. The molecule has 1 aromatic carbocycles. The summed E-state index contributed by atoms with van der Waals surface area (Å²) in [7, 11) is 1.48. The van der Waals surface area contributed by atoms with Crippen molar-refractivity contribution in [2.45, 2.75) is 26.3 Å². The molecule has 0 bridgehead atoms. The number of imide groups is 1. The number of ether oxygens (including phenoxy) is 1. The van der Waals surface area contributed by atoms with Crippen LogP contribution in [0.3, 0.4) is 0 Å². The van der Waals surface area contributed by atoms with Crippen LogP contribution in [0.5, 0.6) is 5.75 Å². The number of carbonyl (C=O) groups excluding carboxylic acids is 2. The van der Waals surface area contributed by atoms with Crippen molar-refractivity contribution in [3.05, 3.63) is 29.8 Å². The maximum absolute atomic E-state index is 12.1. The highest BCUT2D eigenvalue weighted by Gasteiger charge is 2.47. The highest BCUT2D eigenvalue weighted by molar-refractivity contribution is 6.06. The third-order valence-electron chi connectivity index (χ3n) is 3.41. The van der Waals surface area contributed by atoms with Gasteiger partial charge in [-0.2, -0.15) is 0 Å². The van der Waals surface area contributed by atoms with Gasteiger partial charge in [0.1, 0.15) is 11.3 Å². The van der Waals surface area contributed by atoms with E-state index in [4.69, 9.17) is 4.74 Å². The number of nitrogens with zero attached hydrogens (tertiary/aromatic N) is 1. The third kappa shape index (κ3) is 2.48. The quantitative estimate of drug-likeness (QED) is 0.857. The van der Waals surface area contributed by atoms with Crippen LogP contribution in [0.15, 0.2) is 24.3 Å². The summed E-state index contributed by atoms with van der Waals surface area (Å²) in [6.07, 6.45) is 0. The lowest BCUT2D eigenvalue weighted by atomic mass is 9.92. The van der Waals surface area contributed by atoms with Crippen molar-refractivity contribution >= 4 is 11.9 Å². The van der Waals surface area contributed by atoms with Crippen LogP contribution in [-0.4, -0.2) is 30.5 Å². The molecule has 0 aromatic heterocycles. The topological polar surface area (TPSA) is 58.6 Å². The van der Waals surface area contributed by atoms with Gasteiger partial charge < -0.3 is 10.1 Å². The van der Waals surface area contributed by atoms with Crippen LogP contribution >= 0.6 is 0 Å². The zero-order chi connectivity index (χ0) is 14.9. The van der Waals surface area contributed by atoms with Crippen LogP contribution in [0.1, 0.15) is 26.3 Å². The van der Waals surface area contributed by atoms with Crippen molar-refractivity contribution in [3.63, 3.8) is 0 Å². The second-order valence-electron chi connectivity index (χ2n) is 5.65. The first-order chi connectivity index (χ1) is 9.34.